The molecule has 120 valence electrons. The van der Waals surface area contributed by atoms with Gasteiger partial charge in [0.25, 0.3) is 5.91 Å². The molecule has 2 rings (SSSR count). The average molecular weight is 364 g/mol. The molecule has 0 saturated carbocycles. The van der Waals surface area contributed by atoms with Crippen LogP contribution in [-0.2, 0) is 4.79 Å². The molecule has 1 N–H and O–H groups in total. The van der Waals surface area contributed by atoms with Crippen LogP contribution in [-0.4, -0.2) is 41.7 Å². The monoisotopic (exact) mass is 362 g/mol. The van der Waals surface area contributed by atoms with Crippen LogP contribution in [0.2, 0.25) is 10.0 Å². The molecule has 4 nitrogen and oxygen atoms in total. The maximum absolute atomic E-state index is 12.3. The minimum atomic E-state index is -0.238. The Morgan fingerprint density at radius 3 is 2.55 bits per heavy atom. The fourth-order valence-electron chi connectivity index (χ4n) is 2.45. The largest absolute Gasteiger partial charge is 0.349 e. The van der Waals surface area contributed by atoms with Crippen molar-refractivity contribution < 1.29 is 9.59 Å². The van der Waals surface area contributed by atoms with Gasteiger partial charge in [-0.3, -0.25) is 9.59 Å². The highest BCUT2D eigenvalue weighted by molar-refractivity contribution is 6.35. The van der Waals surface area contributed by atoms with Gasteiger partial charge >= 0.3 is 0 Å². The molecule has 0 aromatic heterocycles. The topological polar surface area (TPSA) is 49.4 Å². The molecular formula is C15H17Cl3N2O2. The number of nitrogens with one attached hydrogen (secondary N) is 1. The van der Waals surface area contributed by atoms with E-state index in [2.05, 4.69) is 5.32 Å². The lowest BCUT2D eigenvalue weighted by molar-refractivity contribution is -0.131. The zero-order valence-electron chi connectivity index (χ0n) is 11.9. The number of nitrogens with zero attached hydrogens (tertiary/aromatic N) is 1. The van der Waals surface area contributed by atoms with E-state index in [1.54, 1.807) is 23.1 Å². The molecule has 0 aliphatic carbocycles. The third-order valence-corrected chi connectivity index (χ3v) is 4.42. The molecule has 7 heteroatoms. The summed E-state index contributed by atoms with van der Waals surface area (Å²) in [5.41, 5.74) is 0.370. The molecule has 22 heavy (non-hydrogen) atoms. The average Bonchev–Trinajstić information content (AvgIpc) is 2.50. The summed E-state index contributed by atoms with van der Waals surface area (Å²) in [5.74, 6) is 0.165. The highest BCUT2D eigenvalue weighted by Gasteiger charge is 2.24. The van der Waals surface area contributed by atoms with Crippen molar-refractivity contribution in [3.8, 4) is 0 Å². The van der Waals surface area contributed by atoms with Gasteiger partial charge in [-0.15, -0.1) is 11.6 Å². The summed E-state index contributed by atoms with van der Waals surface area (Å²) < 4.78 is 0. The predicted octanol–water partition coefficient (Wildman–Crippen LogP) is 3.34. The second-order valence-corrected chi connectivity index (χ2v) is 6.41. The summed E-state index contributed by atoms with van der Waals surface area (Å²) in [4.78, 5) is 25.8. The number of piperidine rings is 1. The fraction of sp³-hybridized carbons (Fsp3) is 0.467. The van der Waals surface area contributed by atoms with Crippen LogP contribution in [0, 0.1) is 0 Å². The first-order chi connectivity index (χ1) is 10.5. The zero-order valence-corrected chi connectivity index (χ0v) is 14.2. The fourth-order valence-corrected chi connectivity index (χ4v) is 2.98. The molecule has 1 aliphatic heterocycles. The van der Waals surface area contributed by atoms with Gasteiger partial charge in [0.05, 0.1) is 10.6 Å². The second-order valence-electron chi connectivity index (χ2n) is 5.19. The Morgan fingerprint density at radius 2 is 1.91 bits per heavy atom. The first-order valence-electron chi connectivity index (χ1n) is 7.11. The van der Waals surface area contributed by atoms with Gasteiger partial charge < -0.3 is 10.2 Å². The van der Waals surface area contributed by atoms with Crippen molar-refractivity contribution in [2.45, 2.75) is 25.3 Å². The molecule has 1 heterocycles. The van der Waals surface area contributed by atoms with Crippen LogP contribution in [0.1, 0.15) is 29.6 Å². The lowest BCUT2D eigenvalue weighted by Crippen LogP contribution is -2.46. The van der Waals surface area contributed by atoms with Crippen molar-refractivity contribution in [1.82, 2.24) is 10.2 Å². The van der Waals surface area contributed by atoms with E-state index >= 15 is 0 Å². The van der Waals surface area contributed by atoms with E-state index in [4.69, 9.17) is 34.8 Å². The normalized spacial score (nSPS) is 15.7. The highest BCUT2D eigenvalue weighted by atomic mass is 35.5. The van der Waals surface area contributed by atoms with Crippen molar-refractivity contribution >= 4 is 46.6 Å². The van der Waals surface area contributed by atoms with Crippen molar-refractivity contribution in [2.24, 2.45) is 0 Å². The standard InChI is InChI=1S/C15H17Cl3N2O2/c16-6-3-14(21)20-7-4-11(5-8-20)19-15(22)12-9-10(17)1-2-13(12)18/h1-2,9,11H,3-8H2,(H,19,22). The van der Waals surface area contributed by atoms with Crippen LogP contribution < -0.4 is 5.32 Å². The molecule has 1 aromatic rings. The summed E-state index contributed by atoms with van der Waals surface area (Å²) in [6, 6.07) is 4.83. The number of benzene rings is 1. The number of rotatable bonds is 4. The third-order valence-electron chi connectivity index (χ3n) is 3.66. The van der Waals surface area contributed by atoms with Crippen LogP contribution in [0.4, 0.5) is 0 Å². The molecule has 0 radical (unpaired) electrons. The molecule has 0 bridgehead atoms. The number of hydrogen-bond acceptors (Lipinski definition) is 2. The highest BCUT2D eigenvalue weighted by Crippen LogP contribution is 2.21. The van der Waals surface area contributed by atoms with Crippen molar-refractivity contribution in [1.29, 1.82) is 0 Å². The number of likely N-dealkylation sites (tertiary alicyclic amines) is 1. The lowest BCUT2D eigenvalue weighted by Gasteiger charge is -2.32. The number of halogens is 3. The quantitative estimate of drug-likeness (QED) is 0.834. The van der Waals surface area contributed by atoms with Crippen molar-refractivity contribution in [3.05, 3.63) is 33.8 Å². The van der Waals surface area contributed by atoms with Gasteiger partial charge in [-0.05, 0) is 31.0 Å². The number of carbonyl (C=O) groups excluding carboxylic acids is 2. The van der Waals surface area contributed by atoms with Gasteiger partial charge in [-0.2, -0.15) is 0 Å². The first kappa shape index (κ1) is 17.4. The zero-order chi connectivity index (χ0) is 16.1. The molecule has 0 unspecified atom stereocenters. The van der Waals surface area contributed by atoms with Crippen LogP contribution in [0.25, 0.3) is 0 Å². The summed E-state index contributed by atoms with van der Waals surface area (Å²) in [5, 5.41) is 3.79. The van der Waals surface area contributed by atoms with Crippen LogP contribution in [0.15, 0.2) is 18.2 Å². The smallest absolute Gasteiger partial charge is 0.253 e. The van der Waals surface area contributed by atoms with E-state index in [0.717, 1.165) is 12.8 Å². The second kappa shape index (κ2) is 8.04. The van der Waals surface area contributed by atoms with Crippen molar-refractivity contribution in [3.63, 3.8) is 0 Å². The summed E-state index contributed by atoms with van der Waals surface area (Å²) in [6.45, 7) is 1.26. The Hall–Kier alpha value is -0.970. The van der Waals surface area contributed by atoms with E-state index in [-0.39, 0.29) is 17.9 Å². The summed E-state index contributed by atoms with van der Waals surface area (Å²) in [7, 11) is 0. The van der Waals surface area contributed by atoms with Crippen LogP contribution >= 0.6 is 34.8 Å². The Kier molecular flexibility index (Phi) is 6.36. The molecule has 1 fully saturated rings. The SMILES string of the molecule is O=C(NC1CCN(C(=O)CCCl)CC1)c1cc(Cl)ccc1Cl. The first-order valence-corrected chi connectivity index (χ1v) is 8.40. The van der Waals surface area contributed by atoms with Gasteiger partial charge in [0.15, 0.2) is 0 Å². The molecular weight excluding hydrogens is 347 g/mol. The Balaban J connectivity index is 1.89. The van der Waals surface area contributed by atoms with Crippen LogP contribution in [0.5, 0.6) is 0 Å². The lowest BCUT2D eigenvalue weighted by atomic mass is 10.0. The predicted molar refractivity (Wildman–Crippen MR) is 88.9 cm³/mol. The minimum absolute atomic E-state index is 0.0302. The maximum atomic E-state index is 12.3. The van der Waals surface area contributed by atoms with E-state index in [1.807, 2.05) is 0 Å². The van der Waals surface area contributed by atoms with Gasteiger partial charge in [-0.1, -0.05) is 23.2 Å². The Labute approximate surface area is 144 Å². The molecule has 2 amide bonds. The van der Waals surface area contributed by atoms with Gasteiger partial charge in [0, 0.05) is 36.5 Å². The van der Waals surface area contributed by atoms with Crippen molar-refractivity contribution in [2.75, 3.05) is 19.0 Å². The summed E-state index contributed by atoms with van der Waals surface area (Å²) >= 11 is 17.5. The van der Waals surface area contributed by atoms with Gasteiger partial charge in [-0.25, -0.2) is 0 Å². The van der Waals surface area contributed by atoms with E-state index in [0.29, 0.717) is 41.0 Å². The number of carbonyl (C=O) groups is 2. The Bertz CT molecular complexity index is 558. The minimum Gasteiger partial charge on any atom is -0.349 e. The number of hydrogen-bond donors (Lipinski definition) is 1. The molecule has 0 atom stereocenters. The summed E-state index contributed by atoms with van der Waals surface area (Å²) in [6.07, 6.45) is 1.80. The maximum Gasteiger partial charge on any atom is 0.253 e. The number of alkyl halides is 1. The Morgan fingerprint density at radius 1 is 1.23 bits per heavy atom. The number of amides is 2. The van der Waals surface area contributed by atoms with Gasteiger partial charge in [0.2, 0.25) is 5.91 Å². The third kappa shape index (κ3) is 4.51. The van der Waals surface area contributed by atoms with E-state index in [1.165, 1.54) is 0 Å². The van der Waals surface area contributed by atoms with Crippen LogP contribution in [0.3, 0.4) is 0 Å². The molecule has 1 aliphatic rings. The molecule has 1 aromatic carbocycles. The molecule has 1 saturated heterocycles. The molecule has 0 spiro atoms. The van der Waals surface area contributed by atoms with Gasteiger partial charge in [0.1, 0.15) is 0 Å². The van der Waals surface area contributed by atoms with E-state index in [9.17, 15) is 9.59 Å². The van der Waals surface area contributed by atoms with E-state index < -0.39 is 0 Å².